The lowest BCUT2D eigenvalue weighted by atomic mass is 9.85. The van der Waals surface area contributed by atoms with Gasteiger partial charge in [0, 0.05) is 31.1 Å². The number of hydrogen-bond donors (Lipinski definition) is 1. The van der Waals surface area contributed by atoms with E-state index < -0.39 is 0 Å². The van der Waals surface area contributed by atoms with Gasteiger partial charge in [-0.2, -0.15) is 0 Å². The van der Waals surface area contributed by atoms with Gasteiger partial charge in [0.15, 0.2) is 0 Å². The van der Waals surface area contributed by atoms with Crippen molar-refractivity contribution in [3.8, 4) is 11.1 Å². The molecule has 0 saturated carbocycles. The molecular formula is C22H22N2O2. The molecule has 2 aromatic rings. The van der Waals surface area contributed by atoms with Crippen molar-refractivity contribution < 1.29 is 9.59 Å². The van der Waals surface area contributed by atoms with Crippen LogP contribution in [0.2, 0.25) is 0 Å². The van der Waals surface area contributed by atoms with Gasteiger partial charge in [0.2, 0.25) is 5.91 Å². The fourth-order valence-electron chi connectivity index (χ4n) is 4.73. The van der Waals surface area contributed by atoms with E-state index in [4.69, 9.17) is 0 Å². The molecule has 0 bridgehead atoms. The summed E-state index contributed by atoms with van der Waals surface area (Å²) in [5.74, 6) is 0.663. The van der Waals surface area contributed by atoms with Crippen LogP contribution in [0.3, 0.4) is 0 Å². The zero-order valence-corrected chi connectivity index (χ0v) is 14.7. The van der Waals surface area contributed by atoms with Gasteiger partial charge in [-0.1, -0.05) is 30.3 Å². The smallest absolute Gasteiger partial charge is 0.253 e. The molecule has 1 N–H and O–H groups in total. The Morgan fingerprint density at radius 2 is 1.88 bits per heavy atom. The third kappa shape index (κ3) is 2.52. The number of piperidine rings is 2. The van der Waals surface area contributed by atoms with Crippen LogP contribution in [0.4, 0.5) is 0 Å². The molecule has 2 amide bonds. The Morgan fingerprint density at radius 3 is 2.81 bits per heavy atom. The molecule has 2 atom stereocenters. The molecule has 5 rings (SSSR count). The van der Waals surface area contributed by atoms with Crippen LogP contribution in [0.5, 0.6) is 0 Å². The van der Waals surface area contributed by atoms with Gasteiger partial charge in [0.05, 0.1) is 0 Å². The van der Waals surface area contributed by atoms with Crippen molar-refractivity contribution >= 4 is 11.8 Å². The summed E-state index contributed by atoms with van der Waals surface area (Å²) in [5, 5.41) is 3.09. The topological polar surface area (TPSA) is 49.4 Å². The highest BCUT2D eigenvalue weighted by atomic mass is 16.2. The lowest BCUT2D eigenvalue weighted by Crippen LogP contribution is -2.55. The van der Waals surface area contributed by atoms with Crippen molar-refractivity contribution in [1.29, 1.82) is 0 Å². The maximum atomic E-state index is 13.1. The van der Waals surface area contributed by atoms with Crippen molar-refractivity contribution in [2.24, 2.45) is 5.92 Å². The zero-order valence-electron chi connectivity index (χ0n) is 14.7. The monoisotopic (exact) mass is 346 g/mol. The van der Waals surface area contributed by atoms with Crippen LogP contribution in [-0.2, 0) is 11.2 Å². The second-order valence-corrected chi connectivity index (χ2v) is 7.72. The molecule has 2 saturated heterocycles. The van der Waals surface area contributed by atoms with E-state index in [1.54, 1.807) is 0 Å². The van der Waals surface area contributed by atoms with Crippen molar-refractivity contribution in [2.75, 3.05) is 13.1 Å². The van der Waals surface area contributed by atoms with Crippen LogP contribution >= 0.6 is 0 Å². The molecule has 132 valence electrons. The molecule has 4 heteroatoms. The molecule has 2 aromatic carbocycles. The molecule has 1 aliphatic carbocycles. The molecule has 2 fully saturated rings. The van der Waals surface area contributed by atoms with E-state index in [1.807, 2.05) is 11.0 Å². The Labute approximate surface area is 153 Å². The molecule has 2 aliphatic heterocycles. The van der Waals surface area contributed by atoms with E-state index in [0.717, 1.165) is 31.4 Å². The molecule has 2 unspecified atom stereocenters. The van der Waals surface area contributed by atoms with Gasteiger partial charge in [-0.25, -0.2) is 0 Å². The Kier molecular flexibility index (Phi) is 3.59. The lowest BCUT2D eigenvalue weighted by molar-refractivity contribution is -0.125. The van der Waals surface area contributed by atoms with Gasteiger partial charge in [0.25, 0.3) is 5.91 Å². The van der Waals surface area contributed by atoms with E-state index in [2.05, 4.69) is 41.7 Å². The Bertz CT molecular complexity index is 905. The minimum absolute atomic E-state index is 0.118. The van der Waals surface area contributed by atoms with Crippen molar-refractivity contribution in [3.63, 3.8) is 0 Å². The molecule has 3 aliphatic rings. The third-order valence-corrected chi connectivity index (χ3v) is 6.15. The maximum absolute atomic E-state index is 13.1. The summed E-state index contributed by atoms with van der Waals surface area (Å²) in [6.45, 7) is 1.46. The van der Waals surface area contributed by atoms with E-state index in [0.29, 0.717) is 18.9 Å². The van der Waals surface area contributed by atoms with Crippen LogP contribution in [-0.4, -0.2) is 35.8 Å². The number of amides is 2. The minimum atomic E-state index is 0.118. The molecule has 4 nitrogen and oxygen atoms in total. The second kappa shape index (κ2) is 5.97. The summed E-state index contributed by atoms with van der Waals surface area (Å²) in [6.07, 6.45) is 3.28. The third-order valence-electron chi connectivity index (χ3n) is 6.15. The summed E-state index contributed by atoms with van der Waals surface area (Å²) in [5.41, 5.74) is 5.87. The number of carbonyl (C=O) groups is 2. The van der Waals surface area contributed by atoms with E-state index in [1.165, 1.54) is 22.3 Å². The first kappa shape index (κ1) is 15.6. The first-order chi connectivity index (χ1) is 12.7. The lowest BCUT2D eigenvalue weighted by Gasteiger charge is -2.41. The maximum Gasteiger partial charge on any atom is 0.253 e. The number of nitrogens with one attached hydrogen (secondary N) is 1. The van der Waals surface area contributed by atoms with Gasteiger partial charge in [-0.3, -0.25) is 9.59 Å². The molecule has 2 heterocycles. The SMILES string of the molecule is O=C1CCC2CN(C(=O)c3ccc4c(c3)-c3ccccc3C4)CCC2N1. The number of carbonyl (C=O) groups excluding carboxylic acids is 2. The number of hydrogen-bond acceptors (Lipinski definition) is 2. The number of likely N-dealkylation sites (tertiary alicyclic amines) is 1. The van der Waals surface area contributed by atoms with Crippen LogP contribution < -0.4 is 5.32 Å². The van der Waals surface area contributed by atoms with Crippen LogP contribution in [0.1, 0.15) is 40.7 Å². The predicted octanol–water partition coefficient (Wildman–Crippen LogP) is 3.00. The highest BCUT2D eigenvalue weighted by Gasteiger charge is 2.35. The van der Waals surface area contributed by atoms with Gasteiger partial charge >= 0.3 is 0 Å². The van der Waals surface area contributed by atoms with Crippen LogP contribution in [0, 0.1) is 5.92 Å². The van der Waals surface area contributed by atoms with Crippen LogP contribution in [0.15, 0.2) is 42.5 Å². The Hall–Kier alpha value is -2.62. The predicted molar refractivity (Wildman–Crippen MR) is 99.9 cm³/mol. The van der Waals surface area contributed by atoms with Crippen molar-refractivity contribution in [1.82, 2.24) is 10.2 Å². The summed E-state index contributed by atoms with van der Waals surface area (Å²) in [4.78, 5) is 26.6. The Balaban J connectivity index is 1.38. The van der Waals surface area contributed by atoms with Gasteiger partial charge in [-0.05, 0) is 59.6 Å². The van der Waals surface area contributed by atoms with E-state index in [-0.39, 0.29) is 17.9 Å². The number of rotatable bonds is 1. The number of nitrogens with zero attached hydrogens (tertiary/aromatic N) is 1. The van der Waals surface area contributed by atoms with E-state index >= 15 is 0 Å². The first-order valence-corrected chi connectivity index (χ1v) is 9.49. The minimum Gasteiger partial charge on any atom is -0.353 e. The number of benzene rings is 2. The Morgan fingerprint density at radius 1 is 1.04 bits per heavy atom. The molecular weight excluding hydrogens is 324 g/mol. The summed E-state index contributed by atoms with van der Waals surface area (Å²) in [6, 6.07) is 14.8. The van der Waals surface area contributed by atoms with Crippen molar-refractivity contribution in [2.45, 2.75) is 31.7 Å². The standard InChI is InChI=1S/C22H22N2O2/c25-21-8-7-17-13-24(10-9-20(17)23-21)22(26)16-6-5-15-11-14-3-1-2-4-18(14)19(15)12-16/h1-6,12,17,20H,7-11,13H2,(H,23,25). The van der Waals surface area contributed by atoms with Crippen LogP contribution in [0.25, 0.3) is 11.1 Å². The molecule has 0 spiro atoms. The summed E-state index contributed by atoms with van der Waals surface area (Å²) >= 11 is 0. The fraction of sp³-hybridized carbons (Fsp3) is 0.364. The summed E-state index contributed by atoms with van der Waals surface area (Å²) < 4.78 is 0. The summed E-state index contributed by atoms with van der Waals surface area (Å²) in [7, 11) is 0. The second-order valence-electron chi connectivity index (χ2n) is 7.72. The van der Waals surface area contributed by atoms with Gasteiger partial charge < -0.3 is 10.2 Å². The molecule has 0 aromatic heterocycles. The van der Waals surface area contributed by atoms with E-state index in [9.17, 15) is 9.59 Å². The average Bonchev–Trinajstić information content (AvgIpc) is 3.05. The normalized spacial score (nSPS) is 23.7. The largest absolute Gasteiger partial charge is 0.353 e. The fourth-order valence-corrected chi connectivity index (χ4v) is 4.73. The highest BCUT2D eigenvalue weighted by Crippen LogP contribution is 2.37. The number of fused-ring (bicyclic) bond motifs is 4. The average molecular weight is 346 g/mol. The highest BCUT2D eigenvalue weighted by molar-refractivity contribution is 5.96. The first-order valence-electron chi connectivity index (χ1n) is 9.49. The molecule has 26 heavy (non-hydrogen) atoms. The van der Waals surface area contributed by atoms with Crippen molar-refractivity contribution in [3.05, 3.63) is 59.2 Å². The zero-order chi connectivity index (χ0) is 17.7. The van der Waals surface area contributed by atoms with Gasteiger partial charge in [-0.15, -0.1) is 0 Å². The van der Waals surface area contributed by atoms with Gasteiger partial charge in [0.1, 0.15) is 0 Å². The quantitative estimate of drug-likeness (QED) is 0.736. The molecule has 0 radical (unpaired) electrons.